The van der Waals surface area contributed by atoms with Gasteiger partial charge in [0.1, 0.15) is 0 Å². The minimum absolute atomic E-state index is 0.0341. The normalized spacial score (nSPS) is 18.3. The highest BCUT2D eigenvalue weighted by Gasteiger charge is 2.27. The average Bonchev–Trinajstić information content (AvgIpc) is 2.32. The third-order valence-electron chi connectivity index (χ3n) is 3.64. The summed E-state index contributed by atoms with van der Waals surface area (Å²) in [5.74, 6) is 0. The number of hydrogen-bond donors (Lipinski definition) is 2. The molecular formula is C13H19N3O2. The van der Waals surface area contributed by atoms with Crippen LogP contribution in [-0.2, 0) is 0 Å². The third kappa shape index (κ3) is 2.72. The van der Waals surface area contributed by atoms with Crippen LogP contribution in [0.3, 0.4) is 0 Å². The number of benzene rings is 1. The van der Waals surface area contributed by atoms with Gasteiger partial charge in [0.15, 0.2) is 0 Å². The molecule has 3 N–H and O–H groups in total. The van der Waals surface area contributed by atoms with Crippen molar-refractivity contribution in [2.24, 2.45) is 0 Å². The highest BCUT2D eigenvalue weighted by Crippen LogP contribution is 2.34. The van der Waals surface area contributed by atoms with E-state index in [0.717, 1.165) is 18.5 Å². The largest absolute Gasteiger partial charge is 0.397 e. The lowest BCUT2D eigenvalue weighted by molar-refractivity contribution is -0.384. The molecule has 1 aliphatic rings. The maximum absolute atomic E-state index is 10.6. The quantitative estimate of drug-likeness (QED) is 0.489. The van der Waals surface area contributed by atoms with Crippen LogP contribution in [0.4, 0.5) is 17.1 Å². The summed E-state index contributed by atoms with van der Waals surface area (Å²) in [6, 6.07) is 4.60. The second-order valence-electron chi connectivity index (χ2n) is 5.27. The maximum Gasteiger partial charge on any atom is 0.271 e. The van der Waals surface area contributed by atoms with E-state index >= 15 is 0 Å². The molecular weight excluding hydrogens is 230 g/mol. The van der Waals surface area contributed by atoms with Crippen molar-refractivity contribution < 1.29 is 4.92 Å². The molecule has 98 valence electrons. The Kier molecular flexibility index (Phi) is 3.41. The molecule has 0 aromatic heterocycles. The first-order valence-corrected chi connectivity index (χ1v) is 6.32. The smallest absolute Gasteiger partial charge is 0.271 e. The summed E-state index contributed by atoms with van der Waals surface area (Å²) in [5.41, 5.74) is 7.20. The number of nitrogens with zero attached hydrogens (tertiary/aromatic N) is 1. The van der Waals surface area contributed by atoms with Crippen molar-refractivity contribution in [1.29, 1.82) is 0 Å². The van der Waals surface area contributed by atoms with Gasteiger partial charge in [-0.3, -0.25) is 10.1 Å². The van der Waals surface area contributed by atoms with E-state index in [0.29, 0.717) is 5.69 Å². The number of hydrogen-bond acceptors (Lipinski definition) is 4. The molecule has 18 heavy (non-hydrogen) atoms. The monoisotopic (exact) mass is 249 g/mol. The molecule has 0 unspecified atom stereocenters. The first-order valence-electron chi connectivity index (χ1n) is 6.32. The molecule has 1 aromatic carbocycles. The van der Waals surface area contributed by atoms with E-state index in [1.165, 1.54) is 31.4 Å². The minimum atomic E-state index is -0.428. The van der Waals surface area contributed by atoms with Gasteiger partial charge in [-0.1, -0.05) is 19.3 Å². The van der Waals surface area contributed by atoms with Crippen LogP contribution < -0.4 is 11.1 Å². The summed E-state index contributed by atoms with van der Waals surface area (Å²) < 4.78 is 0. The SMILES string of the molecule is CC1(Nc2ccc([N+](=O)[O-])cc2N)CCCCC1. The molecule has 0 saturated heterocycles. The lowest BCUT2D eigenvalue weighted by Gasteiger charge is -2.35. The van der Waals surface area contributed by atoms with Gasteiger partial charge in [0.05, 0.1) is 16.3 Å². The summed E-state index contributed by atoms with van der Waals surface area (Å²) >= 11 is 0. The summed E-state index contributed by atoms with van der Waals surface area (Å²) in [5, 5.41) is 14.1. The number of nitro groups is 1. The highest BCUT2D eigenvalue weighted by molar-refractivity contribution is 5.70. The molecule has 0 aliphatic heterocycles. The van der Waals surface area contributed by atoms with Gasteiger partial charge in [0.2, 0.25) is 0 Å². The summed E-state index contributed by atoms with van der Waals surface area (Å²) in [6.07, 6.45) is 5.95. The molecule has 0 spiro atoms. The molecule has 0 amide bonds. The predicted octanol–water partition coefficient (Wildman–Crippen LogP) is 3.31. The molecule has 1 aliphatic carbocycles. The van der Waals surface area contributed by atoms with Gasteiger partial charge in [-0.05, 0) is 25.8 Å². The van der Waals surface area contributed by atoms with Crippen molar-refractivity contribution in [3.05, 3.63) is 28.3 Å². The molecule has 5 heteroatoms. The Morgan fingerprint density at radius 3 is 2.56 bits per heavy atom. The topological polar surface area (TPSA) is 81.2 Å². The molecule has 0 atom stereocenters. The number of rotatable bonds is 3. The summed E-state index contributed by atoms with van der Waals surface area (Å²) in [4.78, 5) is 10.2. The van der Waals surface area contributed by atoms with Crippen molar-refractivity contribution in [1.82, 2.24) is 0 Å². The fourth-order valence-electron chi connectivity index (χ4n) is 2.56. The van der Waals surface area contributed by atoms with Gasteiger partial charge < -0.3 is 11.1 Å². The van der Waals surface area contributed by atoms with Crippen LogP contribution in [0.1, 0.15) is 39.0 Å². The van der Waals surface area contributed by atoms with E-state index < -0.39 is 4.92 Å². The van der Waals surface area contributed by atoms with Gasteiger partial charge in [0.25, 0.3) is 5.69 Å². The second-order valence-corrected chi connectivity index (χ2v) is 5.27. The Morgan fingerprint density at radius 1 is 1.33 bits per heavy atom. The number of anilines is 2. The Morgan fingerprint density at radius 2 is 2.00 bits per heavy atom. The molecule has 1 fully saturated rings. The van der Waals surface area contributed by atoms with Crippen LogP contribution in [0.2, 0.25) is 0 Å². The van der Waals surface area contributed by atoms with Crippen LogP contribution in [0, 0.1) is 10.1 Å². The average molecular weight is 249 g/mol. The number of non-ortho nitro benzene ring substituents is 1. The predicted molar refractivity (Wildman–Crippen MR) is 72.6 cm³/mol. The Bertz CT molecular complexity index is 454. The molecule has 5 nitrogen and oxygen atoms in total. The Hall–Kier alpha value is -1.78. The lowest BCUT2D eigenvalue weighted by atomic mass is 9.83. The summed E-state index contributed by atoms with van der Waals surface area (Å²) in [7, 11) is 0. The maximum atomic E-state index is 10.6. The van der Waals surface area contributed by atoms with E-state index in [1.54, 1.807) is 6.07 Å². The highest BCUT2D eigenvalue weighted by atomic mass is 16.6. The summed E-state index contributed by atoms with van der Waals surface area (Å²) in [6.45, 7) is 2.19. The van der Waals surface area contributed by atoms with Gasteiger partial charge in [-0.2, -0.15) is 0 Å². The van der Waals surface area contributed by atoms with E-state index in [1.807, 2.05) is 0 Å². The fourth-order valence-corrected chi connectivity index (χ4v) is 2.56. The zero-order valence-corrected chi connectivity index (χ0v) is 10.6. The van der Waals surface area contributed by atoms with E-state index in [2.05, 4.69) is 12.2 Å². The number of nitrogens with two attached hydrogens (primary N) is 1. The zero-order chi connectivity index (χ0) is 13.2. The third-order valence-corrected chi connectivity index (χ3v) is 3.64. The molecule has 0 bridgehead atoms. The van der Waals surface area contributed by atoms with Crippen LogP contribution in [0.25, 0.3) is 0 Å². The first kappa shape index (κ1) is 12.7. The van der Waals surface area contributed by atoms with Gasteiger partial charge in [-0.15, -0.1) is 0 Å². The minimum Gasteiger partial charge on any atom is -0.397 e. The van der Waals surface area contributed by atoms with Crippen LogP contribution >= 0.6 is 0 Å². The zero-order valence-electron chi connectivity index (χ0n) is 10.6. The van der Waals surface area contributed by atoms with Crippen LogP contribution in [-0.4, -0.2) is 10.5 Å². The van der Waals surface area contributed by atoms with Crippen molar-refractivity contribution in [3.8, 4) is 0 Å². The fraction of sp³-hybridized carbons (Fsp3) is 0.538. The van der Waals surface area contributed by atoms with E-state index in [9.17, 15) is 10.1 Å². The van der Waals surface area contributed by atoms with E-state index in [4.69, 9.17) is 5.73 Å². The van der Waals surface area contributed by atoms with Gasteiger partial charge >= 0.3 is 0 Å². The van der Waals surface area contributed by atoms with Crippen LogP contribution in [0.15, 0.2) is 18.2 Å². The molecule has 1 aromatic rings. The molecule has 2 rings (SSSR count). The van der Waals surface area contributed by atoms with Gasteiger partial charge in [0, 0.05) is 17.7 Å². The van der Waals surface area contributed by atoms with Crippen molar-refractivity contribution >= 4 is 17.1 Å². The van der Waals surface area contributed by atoms with Gasteiger partial charge in [-0.25, -0.2) is 0 Å². The number of nitrogens with one attached hydrogen (secondary N) is 1. The van der Waals surface area contributed by atoms with Crippen molar-refractivity contribution in [2.75, 3.05) is 11.1 Å². The Balaban J connectivity index is 2.16. The second kappa shape index (κ2) is 4.84. The number of nitrogen functional groups attached to an aromatic ring is 1. The van der Waals surface area contributed by atoms with Crippen molar-refractivity contribution in [3.63, 3.8) is 0 Å². The van der Waals surface area contributed by atoms with Crippen molar-refractivity contribution in [2.45, 2.75) is 44.6 Å². The molecule has 0 heterocycles. The first-order chi connectivity index (χ1) is 8.50. The molecule has 0 radical (unpaired) electrons. The lowest BCUT2D eigenvalue weighted by Crippen LogP contribution is -2.36. The standard InChI is InChI=1S/C13H19N3O2/c1-13(7-3-2-4-8-13)15-12-6-5-10(16(17)18)9-11(12)14/h5-6,9,15H,2-4,7-8,14H2,1H3. The number of nitro benzene ring substituents is 1. The molecule has 1 saturated carbocycles. The Labute approximate surface area is 107 Å². The van der Waals surface area contributed by atoms with Crippen LogP contribution in [0.5, 0.6) is 0 Å². The van der Waals surface area contributed by atoms with E-state index in [-0.39, 0.29) is 11.2 Å².